The standard InChI is InChI=1S/C35H38N3O3P/c1-24-11-17-27(18-12-24)42(28-19-13-25(2)14-20-28,29-21-15-26(3)16-22-29)23-6-4-5-10-32(39)36-31-9-7-8-30-33(31)35(41)38-37-34(30)40/h7-9,11-22,42H,4-6,10,23H2,1-3H3,(H,36,39)(H,37,40)(H,38,41). The molecule has 0 fully saturated rings. The van der Waals surface area contributed by atoms with Crippen LogP contribution in [0.15, 0.2) is 101 Å². The van der Waals surface area contributed by atoms with Gasteiger partial charge in [0.2, 0.25) is 0 Å². The summed E-state index contributed by atoms with van der Waals surface area (Å²) in [7, 11) is -2.34. The summed E-state index contributed by atoms with van der Waals surface area (Å²) < 4.78 is 0. The molecule has 0 saturated carbocycles. The monoisotopic (exact) mass is 579 g/mol. The normalized spacial score (nSPS) is 11.9. The van der Waals surface area contributed by atoms with E-state index in [1.165, 1.54) is 32.6 Å². The summed E-state index contributed by atoms with van der Waals surface area (Å²) in [6.45, 7) is 6.38. The van der Waals surface area contributed by atoms with Crippen LogP contribution in [0.3, 0.4) is 0 Å². The summed E-state index contributed by atoms with van der Waals surface area (Å²) in [6, 6.07) is 32.1. The molecule has 0 saturated heterocycles. The molecule has 42 heavy (non-hydrogen) atoms. The Morgan fingerprint density at radius 3 is 1.67 bits per heavy atom. The van der Waals surface area contributed by atoms with E-state index < -0.39 is 18.4 Å². The molecule has 0 atom stereocenters. The molecule has 0 aliphatic rings. The fraction of sp³-hybridized carbons (Fsp3) is 0.229. The molecule has 4 aromatic carbocycles. The maximum absolute atomic E-state index is 12.9. The molecular weight excluding hydrogens is 541 g/mol. The van der Waals surface area contributed by atoms with Gasteiger partial charge in [-0.2, -0.15) is 0 Å². The Labute approximate surface area is 246 Å². The molecule has 6 nitrogen and oxygen atoms in total. The van der Waals surface area contributed by atoms with Crippen molar-refractivity contribution in [2.75, 3.05) is 11.5 Å². The first-order chi connectivity index (χ1) is 20.3. The van der Waals surface area contributed by atoms with Gasteiger partial charge in [-0.15, -0.1) is 0 Å². The SMILES string of the molecule is Cc1ccc([PH](CCCCCC(=O)Nc2cccc3c(=O)[nH][nH]c(=O)c23)(c2ccc(C)cc2)c2ccc(C)cc2)cc1. The molecule has 0 spiro atoms. The van der Waals surface area contributed by atoms with E-state index in [4.69, 9.17) is 0 Å². The Kier molecular flexibility index (Phi) is 8.84. The van der Waals surface area contributed by atoms with Crippen molar-refractivity contribution in [2.45, 2.75) is 46.5 Å². The van der Waals surface area contributed by atoms with Crippen molar-refractivity contribution in [3.05, 3.63) is 128 Å². The number of aromatic nitrogens is 2. The second-order valence-corrected chi connectivity index (χ2v) is 15.3. The fourth-order valence-corrected chi connectivity index (χ4v) is 10.7. The zero-order chi connectivity index (χ0) is 29.7. The summed E-state index contributed by atoms with van der Waals surface area (Å²) >= 11 is 0. The van der Waals surface area contributed by atoms with Crippen molar-refractivity contribution < 1.29 is 4.79 Å². The predicted molar refractivity (Wildman–Crippen MR) is 178 cm³/mol. The van der Waals surface area contributed by atoms with Crippen LogP contribution in [0.25, 0.3) is 10.8 Å². The summed E-state index contributed by atoms with van der Waals surface area (Å²) in [6.07, 6.45) is 3.99. The number of hydrogen-bond donors (Lipinski definition) is 3. The van der Waals surface area contributed by atoms with Gasteiger partial charge in [-0.05, 0) is 0 Å². The Hall–Kier alpha value is -4.28. The molecule has 1 aromatic heterocycles. The Morgan fingerprint density at radius 1 is 0.643 bits per heavy atom. The van der Waals surface area contributed by atoms with Crippen molar-refractivity contribution in [2.24, 2.45) is 0 Å². The van der Waals surface area contributed by atoms with Gasteiger partial charge in [-0.25, -0.2) is 0 Å². The third-order valence-corrected chi connectivity index (χ3v) is 13.2. The van der Waals surface area contributed by atoms with E-state index >= 15 is 0 Å². The van der Waals surface area contributed by atoms with Gasteiger partial charge in [0.05, 0.1) is 0 Å². The minimum atomic E-state index is -2.34. The number of amides is 1. The number of anilines is 1. The molecule has 0 bridgehead atoms. The number of rotatable bonds is 10. The van der Waals surface area contributed by atoms with E-state index in [0.717, 1.165) is 25.4 Å². The first kappa shape index (κ1) is 29.2. The van der Waals surface area contributed by atoms with Gasteiger partial charge in [0.15, 0.2) is 0 Å². The average molecular weight is 580 g/mol. The quantitative estimate of drug-likeness (QED) is 0.153. The number of carbonyl (C=O) groups excluding carboxylic acids is 1. The molecule has 1 heterocycles. The molecule has 3 N–H and O–H groups in total. The van der Waals surface area contributed by atoms with Crippen LogP contribution in [0.4, 0.5) is 5.69 Å². The van der Waals surface area contributed by atoms with E-state index in [2.05, 4.69) is 109 Å². The van der Waals surface area contributed by atoms with Crippen molar-refractivity contribution in [3.63, 3.8) is 0 Å². The number of aromatic amines is 2. The molecule has 0 aliphatic heterocycles. The number of hydrogen-bond acceptors (Lipinski definition) is 3. The third kappa shape index (κ3) is 6.14. The third-order valence-electron chi connectivity index (χ3n) is 8.19. The molecule has 5 aromatic rings. The zero-order valence-corrected chi connectivity index (χ0v) is 25.4. The van der Waals surface area contributed by atoms with Crippen LogP contribution in [0.2, 0.25) is 0 Å². The van der Waals surface area contributed by atoms with Gasteiger partial charge in [-0.1, -0.05) is 0 Å². The number of unbranched alkanes of at least 4 members (excludes halogenated alkanes) is 2. The van der Waals surface area contributed by atoms with Crippen molar-refractivity contribution in [1.29, 1.82) is 0 Å². The second kappa shape index (κ2) is 12.7. The number of aryl methyl sites for hydroxylation is 3. The molecule has 0 aliphatic carbocycles. The van der Waals surface area contributed by atoms with Gasteiger partial charge in [0, 0.05) is 0 Å². The van der Waals surface area contributed by atoms with E-state index in [0.29, 0.717) is 12.1 Å². The molecule has 216 valence electrons. The molecule has 7 heteroatoms. The zero-order valence-electron chi connectivity index (χ0n) is 24.4. The van der Waals surface area contributed by atoms with Crippen LogP contribution < -0.4 is 32.3 Å². The Balaban J connectivity index is 1.34. The van der Waals surface area contributed by atoms with E-state index in [-0.39, 0.29) is 16.7 Å². The fourth-order valence-electron chi connectivity index (χ4n) is 5.85. The van der Waals surface area contributed by atoms with Gasteiger partial charge in [-0.3, -0.25) is 0 Å². The van der Waals surface area contributed by atoms with E-state index in [1.54, 1.807) is 18.2 Å². The van der Waals surface area contributed by atoms with Gasteiger partial charge < -0.3 is 0 Å². The summed E-state index contributed by atoms with van der Waals surface area (Å²) in [5.41, 5.74) is 3.26. The molecule has 0 radical (unpaired) electrons. The number of carbonyl (C=O) groups is 1. The first-order valence-corrected chi connectivity index (χ1v) is 16.7. The van der Waals surface area contributed by atoms with Crippen LogP contribution in [-0.2, 0) is 4.79 Å². The van der Waals surface area contributed by atoms with Crippen molar-refractivity contribution >= 4 is 45.5 Å². The summed E-state index contributed by atoms with van der Waals surface area (Å²) in [5.74, 6) is -0.165. The van der Waals surface area contributed by atoms with E-state index in [9.17, 15) is 14.4 Å². The predicted octanol–water partition coefficient (Wildman–Crippen LogP) is 5.37. The van der Waals surface area contributed by atoms with Crippen LogP contribution in [0.5, 0.6) is 0 Å². The number of nitrogens with one attached hydrogen (secondary N) is 3. The molecular formula is C35H38N3O3P. The number of fused-ring (bicyclic) bond motifs is 1. The summed E-state index contributed by atoms with van der Waals surface area (Å²) in [4.78, 5) is 37.3. The minimum absolute atomic E-state index is 0.165. The maximum atomic E-state index is 12.9. The van der Waals surface area contributed by atoms with Crippen molar-refractivity contribution in [1.82, 2.24) is 10.2 Å². The molecule has 5 rings (SSSR count). The van der Waals surface area contributed by atoms with Crippen molar-refractivity contribution in [3.8, 4) is 0 Å². The van der Waals surface area contributed by atoms with Crippen LogP contribution in [-0.4, -0.2) is 22.3 Å². The Bertz CT molecular complexity index is 1690. The van der Waals surface area contributed by atoms with Crippen LogP contribution in [0.1, 0.15) is 42.4 Å². The van der Waals surface area contributed by atoms with Gasteiger partial charge >= 0.3 is 247 Å². The van der Waals surface area contributed by atoms with Gasteiger partial charge in [0.25, 0.3) is 0 Å². The summed E-state index contributed by atoms with van der Waals surface area (Å²) in [5, 5.41) is 12.2. The molecule has 1 amide bonds. The first-order valence-electron chi connectivity index (χ1n) is 14.5. The second-order valence-electron chi connectivity index (χ2n) is 11.2. The average Bonchev–Trinajstić information content (AvgIpc) is 2.99. The van der Waals surface area contributed by atoms with Gasteiger partial charge in [0.1, 0.15) is 0 Å². The Morgan fingerprint density at radius 2 is 1.14 bits per heavy atom. The number of benzene rings is 4. The number of H-pyrrole nitrogens is 2. The van der Waals surface area contributed by atoms with Crippen LogP contribution in [0, 0.1) is 20.8 Å². The van der Waals surface area contributed by atoms with E-state index in [1.807, 2.05) is 0 Å². The molecule has 0 unspecified atom stereocenters. The topological polar surface area (TPSA) is 94.8 Å². The van der Waals surface area contributed by atoms with Crippen LogP contribution >= 0.6 is 7.26 Å².